The summed E-state index contributed by atoms with van der Waals surface area (Å²) in [6.45, 7) is 1.54. The van der Waals surface area contributed by atoms with E-state index in [4.69, 9.17) is 20.4 Å². The van der Waals surface area contributed by atoms with Gasteiger partial charge in [-0.3, -0.25) is 9.59 Å². The lowest BCUT2D eigenvalue weighted by Crippen LogP contribution is -2.03. The number of aliphatic hydroxyl groups excluding tert-OH is 2. The Kier molecular flexibility index (Phi) is 11.9. The molecule has 0 heterocycles. The first-order valence-corrected chi connectivity index (χ1v) is 4.62. The monoisotopic (exact) mass is 222 g/mol. The van der Waals surface area contributed by atoms with Crippen molar-refractivity contribution >= 4 is 11.9 Å². The van der Waals surface area contributed by atoms with Crippen molar-refractivity contribution in [3.8, 4) is 0 Å². The number of carboxylic acids is 2. The second kappa shape index (κ2) is 10.9. The highest BCUT2D eigenvalue weighted by atomic mass is 16.4. The number of aliphatic hydroxyl groups is 2. The molecule has 6 heteroatoms. The van der Waals surface area contributed by atoms with Crippen molar-refractivity contribution in [2.75, 3.05) is 6.61 Å². The van der Waals surface area contributed by atoms with E-state index in [1.54, 1.807) is 6.92 Å². The van der Waals surface area contributed by atoms with Gasteiger partial charge in [-0.1, -0.05) is 0 Å². The van der Waals surface area contributed by atoms with Crippen LogP contribution in [0.4, 0.5) is 0 Å². The van der Waals surface area contributed by atoms with Crippen LogP contribution in [-0.2, 0) is 9.59 Å². The molecule has 1 atom stereocenters. The van der Waals surface area contributed by atoms with E-state index < -0.39 is 18.0 Å². The van der Waals surface area contributed by atoms with Gasteiger partial charge in [0.25, 0.3) is 0 Å². The average molecular weight is 222 g/mol. The van der Waals surface area contributed by atoms with Gasteiger partial charge in [-0.25, -0.2) is 0 Å². The van der Waals surface area contributed by atoms with Gasteiger partial charge in [0.15, 0.2) is 0 Å². The summed E-state index contributed by atoms with van der Waals surface area (Å²) < 4.78 is 0. The van der Waals surface area contributed by atoms with Gasteiger partial charge >= 0.3 is 11.9 Å². The summed E-state index contributed by atoms with van der Waals surface area (Å²) in [5.41, 5.74) is 0. The van der Waals surface area contributed by atoms with Crippen LogP contribution in [-0.4, -0.2) is 45.1 Å². The second-order valence-corrected chi connectivity index (χ2v) is 3.00. The maximum Gasteiger partial charge on any atom is 0.303 e. The van der Waals surface area contributed by atoms with Crippen LogP contribution in [0.15, 0.2) is 0 Å². The molecule has 0 aliphatic rings. The Morgan fingerprint density at radius 3 is 1.73 bits per heavy atom. The Morgan fingerprint density at radius 1 is 1.13 bits per heavy atom. The minimum absolute atomic E-state index is 0.0354. The summed E-state index contributed by atoms with van der Waals surface area (Å²) in [4.78, 5) is 19.4. The first-order valence-electron chi connectivity index (χ1n) is 4.62. The maximum absolute atomic E-state index is 9.79. The Hall–Kier alpha value is -1.14. The summed E-state index contributed by atoms with van der Waals surface area (Å²) in [6.07, 6.45) is 0.324. The smallest absolute Gasteiger partial charge is 0.303 e. The average Bonchev–Trinajstić information content (AvgIpc) is 2.12. The molecule has 6 nitrogen and oxygen atoms in total. The van der Waals surface area contributed by atoms with E-state index in [2.05, 4.69) is 0 Å². The number of aliphatic carboxylic acids is 2. The molecule has 4 N–H and O–H groups in total. The third kappa shape index (κ3) is 24.6. The number of rotatable bonds is 6. The van der Waals surface area contributed by atoms with Crippen LogP contribution in [0.25, 0.3) is 0 Å². The van der Waals surface area contributed by atoms with E-state index in [0.717, 1.165) is 0 Å². The van der Waals surface area contributed by atoms with Crippen molar-refractivity contribution in [2.24, 2.45) is 0 Å². The predicted molar refractivity (Wildman–Crippen MR) is 52.5 cm³/mol. The molecule has 0 saturated heterocycles. The highest BCUT2D eigenvalue weighted by Crippen LogP contribution is 1.93. The van der Waals surface area contributed by atoms with Crippen molar-refractivity contribution in [1.82, 2.24) is 0 Å². The van der Waals surface area contributed by atoms with Crippen molar-refractivity contribution in [3.63, 3.8) is 0 Å². The van der Waals surface area contributed by atoms with Crippen LogP contribution < -0.4 is 0 Å². The van der Waals surface area contributed by atoms with Crippen LogP contribution in [0.1, 0.15) is 32.6 Å². The third-order valence-electron chi connectivity index (χ3n) is 1.32. The van der Waals surface area contributed by atoms with Crippen molar-refractivity contribution < 1.29 is 30.0 Å². The molecule has 0 aliphatic carbocycles. The van der Waals surface area contributed by atoms with Gasteiger partial charge in [-0.15, -0.1) is 0 Å². The minimum Gasteiger partial charge on any atom is -0.481 e. The van der Waals surface area contributed by atoms with Crippen molar-refractivity contribution in [1.29, 1.82) is 0 Å². The quantitative estimate of drug-likeness (QED) is 0.505. The zero-order valence-electron chi connectivity index (χ0n) is 8.72. The first kappa shape index (κ1) is 16.3. The van der Waals surface area contributed by atoms with Crippen LogP contribution >= 0.6 is 0 Å². The third-order valence-corrected chi connectivity index (χ3v) is 1.32. The van der Waals surface area contributed by atoms with E-state index in [0.29, 0.717) is 12.8 Å². The first-order chi connectivity index (χ1) is 6.90. The summed E-state index contributed by atoms with van der Waals surface area (Å²) in [5.74, 6) is -1.71. The molecule has 1 unspecified atom stereocenters. The lowest BCUT2D eigenvalue weighted by atomic mass is 10.2. The molecule has 0 radical (unpaired) electrons. The standard InChI is InChI=1S/C5H10O3.C4H8O3/c1-4(6)2-3-5(7)8;5-3-1-2-4(6)7/h4,6H,2-3H2,1H3,(H,7,8);5H,1-3H2,(H,6,7). The lowest BCUT2D eigenvalue weighted by Gasteiger charge is -1.97. The number of carbonyl (C=O) groups is 2. The van der Waals surface area contributed by atoms with Gasteiger partial charge in [0.05, 0.1) is 6.10 Å². The molecular weight excluding hydrogens is 204 g/mol. The van der Waals surface area contributed by atoms with E-state index >= 15 is 0 Å². The van der Waals surface area contributed by atoms with Crippen LogP contribution in [0.2, 0.25) is 0 Å². The van der Waals surface area contributed by atoms with E-state index in [1.165, 1.54) is 0 Å². The summed E-state index contributed by atoms with van der Waals surface area (Å²) >= 11 is 0. The zero-order chi connectivity index (χ0) is 12.3. The molecule has 0 fully saturated rings. The molecular formula is C9H18O6. The SMILES string of the molecule is CC(O)CCC(=O)O.O=C(O)CCCO. The van der Waals surface area contributed by atoms with Crippen molar-refractivity contribution in [2.45, 2.75) is 38.7 Å². The highest BCUT2D eigenvalue weighted by molar-refractivity contribution is 5.66. The number of hydrogen-bond acceptors (Lipinski definition) is 4. The fourth-order valence-corrected chi connectivity index (χ4v) is 0.563. The molecule has 0 saturated carbocycles. The van der Waals surface area contributed by atoms with Gasteiger partial charge in [-0.05, 0) is 19.8 Å². The minimum atomic E-state index is -0.856. The van der Waals surface area contributed by atoms with Crippen molar-refractivity contribution in [3.05, 3.63) is 0 Å². The van der Waals surface area contributed by atoms with Gasteiger partial charge in [0, 0.05) is 19.4 Å². The summed E-state index contributed by atoms with van der Waals surface area (Å²) in [7, 11) is 0. The molecule has 0 bridgehead atoms. The second-order valence-electron chi connectivity index (χ2n) is 3.00. The maximum atomic E-state index is 9.79. The molecule has 0 aromatic rings. The lowest BCUT2D eigenvalue weighted by molar-refractivity contribution is -0.138. The Bertz CT molecular complexity index is 177. The normalized spacial score (nSPS) is 11.1. The van der Waals surface area contributed by atoms with E-state index in [1.807, 2.05) is 0 Å². The number of hydrogen-bond donors (Lipinski definition) is 4. The molecule has 0 amide bonds. The molecule has 0 aromatic carbocycles. The Balaban J connectivity index is 0. The fourth-order valence-electron chi connectivity index (χ4n) is 0.563. The van der Waals surface area contributed by atoms with Gasteiger partial charge in [0.2, 0.25) is 0 Å². The fraction of sp³-hybridized carbons (Fsp3) is 0.778. The van der Waals surface area contributed by atoms with Gasteiger partial charge in [0.1, 0.15) is 0 Å². The molecule has 0 aromatic heterocycles. The van der Waals surface area contributed by atoms with Crippen LogP contribution in [0.3, 0.4) is 0 Å². The largest absolute Gasteiger partial charge is 0.481 e. The Morgan fingerprint density at radius 2 is 1.60 bits per heavy atom. The molecule has 0 spiro atoms. The molecule has 0 rings (SSSR count). The number of carboxylic acid groups (broad SMARTS) is 2. The summed E-state index contributed by atoms with van der Waals surface area (Å²) in [6, 6.07) is 0. The van der Waals surface area contributed by atoms with Gasteiger partial charge in [-0.2, -0.15) is 0 Å². The summed E-state index contributed by atoms with van der Waals surface area (Å²) in [5, 5.41) is 32.6. The van der Waals surface area contributed by atoms with Crippen LogP contribution in [0, 0.1) is 0 Å². The van der Waals surface area contributed by atoms with E-state index in [-0.39, 0.29) is 19.4 Å². The molecule has 15 heavy (non-hydrogen) atoms. The molecule has 0 aliphatic heterocycles. The topological polar surface area (TPSA) is 115 Å². The van der Waals surface area contributed by atoms with E-state index in [9.17, 15) is 9.59 Å². The Labute approximate surface area is 88.2 Å². The zero-order valence-corrected chi connectivity index (χ0v) is 8.72. The predicted octanol–water partition coefficient (Wildman–Crippen LogP) is 0.0755. The molecule has 90 valence electrons. The van der Waals surface area contributed by atoms with Gasteiger partial charge < -0.3 is 20.4 Å². The highest BCUT2D eigenvalue weighted by Gasteiger charge is 1.99. The van der Waals surface area contributed by atoms with Crippen LogP contribution in [0.5, 0.6) is 0 Å².